The van der Waals surface area contributed by atoms with Crippen LogP contribution < -0.4 is 10.6 Å². The molecule has 0 aliphatic carbocycles. The van der Waals surface area contributed by atoms with Gasteiger partial charge in [-0.05, 0) is 25.0 Å². The van der Waals surface area contributed by atoms with Crippen molar-refractivity contribution >= 4 is 11.5 Å². The van der Waals surface area contributed by atoms with Crippen molar-refractivity contribution in [3.05, 3.63) is 29.5 Å². The summed E-state index contributed by atoms with van der Waals surface area (Å²) in [6, 6.07) is 1.78. The van der Waals surface area contributed by atoms with Crippen LogP contribution in [0.1, 0.15) is 12.0 Å². The number of anilines is 2. The summed E-state index contributed by atoms with van der Waals surface area (Å²) in [5.41, 5.74) is 6.83. The van der Waals surface area contributed by atoms with Gasteiger partial charge < -0.3 is 10.6 Å². The summed E-state index contributed by atoms with van der Waals surface area (Å²) < 4.78 is 37.5. The zero-order valence-corrected chi connectivity index (χ0v) is 9.96. The molecule has 0 saturated carbocycles. The van der Waals surface area contributed by atoms with Gasteiger partial charge in [-0.1, -0.05) is 6.08 Å². The number of aromatic nitrogens is 1. The number of pyridine rings is 1. The van der Waals surface area contributed by atoms with Crippen LogP contribution in [-0.2, 0) is 0 Å². The molecule has 6 heteroatoms. The lowest BCUT2D eigenvalue weighted by molar-refractivity contribution is -0.0944. The van der Waals surface area contributed by atoms with E-state index in [1.54, 1.807) is 17.2 Å². The fourth-order valence-corrected chi connectivity index (χ4v) is 1.93. The van der Waals surface area contributed by atoms with Crippen molar-refractivity contribution in [3.8, 4) is 0 Å². The average molecular weight is 257 g/mol. The largest absolute Gasteiger partial charge is 0.412 e. The Morgan fingerprint density at radius 3 is 2.67 bits per heavy atom. The molecule has 3 nitrogen and oxygen atoms in total. The Hall–Kier alpha value is -1.72. The molecule has 1 aliphatic heterocycles. The summed E-state index contributed by atoms with van der Waals surface area (Å²) >= 11 is 0. The van der Waals surface area contributed by atoms with E-state index >= 15 is 0 Å². The molecular weight excluding hydrogens is 243 g/mol. The van der Waals surface area contributed by atoms with E-state index in [-0.39, 0.29) is 19.5 Å². The minimum Gasteiger partial charge on any atom is -0.396 e. The van der Waals surface area contributed by atoms with Gasteiger partial charge >= 0.3 is 6.18 Å². The minimum absolute atomic E-state index is 0.0292. The first-order valence-electron chi connectivity index (χ1n) is 5.62. The zero-order valence-electron chi connectivity index (χ0n) is 9.96. The normalized spacial score (nSPS) is 16.7. The van der Waals surface area contributed by atoms with Gasteiger partial charge in [0.15, 0.2) is 5.82 Å². The Bertz CT molecular complexity index is 480. The van der Waals surface area contributed by atoms with Gasteiger partial charge in [0.2, 0.25) is 0 Å². The molecule has 0 fully saturated rings. The van der Waals surface area contributed by atoms with Crippen molar-refractivity contribution in [2.75, 3.05) is 23.7 Å². The summed E-state index contributed by atoms with van der Waals surface area (Å²) in [7, 11) is 0. The second kappa shape index (κ2) is 4.51. The maximum Gasteiger partial charge on any atom is 0.412 e. The fourth-order valence-electron chi connectivity index (χ4n) is 1.93. The van der Waals surface area contributed by atoms with Crippen LogP contribution in [0.25, 0.3) is 0 Å². The van der Waals surface area contributed by atoms with E-state index in [2.05, 4.69) is 4.98 Å². The lowest BCUT2D eigenvalue weighted by Crippen LogP contribution is -2.33. The summed E-state index contributed by atoms with van der Waals surface area (Å²) in [5, 5.41) is 0. The summed E-state index contributed by atoms with van der Waals surface area (Å²) in [6.07, 6.45) is -1.44. The Morgan fingerprint density at radius 1 is 1.39 bits per heavy atom. The standard InChI is InChI=1S/C12H14F3N3/c1-8-2-5-17-11(10(8)16)18-6-3-9(4-7-18)12(13,14)15/h2-3,5H,4,6-7,16H2,1H3. The van der Waals surface area contributed by atoms with Crippen LogP contribution in [0.2, 0.25) is 0 Å². The van der Waals surface area contributed by atoms with Crippen LogP contribution >= 0.6 is 0 Å². The quantitative estimate of drug-likeness (QED) is 0.786. The highest BCUT2D eigenvalue weighted by atomic mass is 19.4. The van der Waals surface area contributed by atoms with E-state index in [9.17, 15) is 13.2 Å². The predicted molar refractivity (Wildman–Crippen MR) is 64.4 cm³/mol. The van der Waals surface area contributed by atoms with E-state index in [1.165, 1.54) is 6.08 Å². The molecule has 2 heterocycles. The molecule has 98 valence electrons. The number of nitrogens with zero attached hydrogens (tertiary/aromatic N) is 2. The Morgan fingerprint density at radius 2 is 2.11 bits per heavy atom. The smallest absolute Gasteiger partial charge is 0.396 e. The van der Waals surface area contributed by atoms with Gasteiger partial charge in [0.05, 0.1) is 5.69 Å². The number of nitrogens with two attached hydrogens (primary N) is 1. The minimum atomic E-state index is -4.22. The summed E-state index contributed by atoms with van der Waals surface area (Å²) in [4.78, 5) is 5.90. The monoisotopic (exact) mass is 257 g/mol. The number of rotatable bonds is 1. The Kier molecular flexibility index (Phi) is 3.19. The van der Waals surface area contributed by atoms with Gasteiger partial charge in [-0.25, -0.2) is 4.98 Å². The Balaban J connectivity index is 2.20. The molecular formula is C12H14F3N3. The first kappa shape index (κ1) is 12.7. The van der Waals surface area contributed by atoms with Gasteiger partial charge in [-0.3, -0.25) is 0 Å². The van der Waals surface area contributed by atoms with E-state index < -0.39 is 11.7 Å². The van der Waals surface area contributed by atoms with Crippen molar-refractivity contribution in [2.24, 2.45) is 0 Å². The second-order valence-corrected chi connectivity index (χ2v) is 4.29. The van der Waals surface area contributed by atoms with E-state index in [0.717, 1.165) is 5.56 Å². The van der Waals surface area contributed by atoms with Crippen LogP contribution in [0.4, 0.5) is 24.7 Å². The topological polar surface area (TPSA) is 42.2 Å². The number of nitrogen functional groups attached to an aromatic ring is 1. The Labute approximate surface area is 103 Å². The number of hydrogen-bond donors (Lipinski definition) is 1. The van der Waals surface area contributed by atoms with Crippen LogP contribution in [0, 0.1) is 6.92 Å². The highest BCUT2D eigenvalue weighted by Gasteiger charge is 2.35. The van der Waals surface area contributed by atoms with Gasteiger partial charge in [0, 0.05) is 24.9 Å². The average Bonchev–Trinajstić information content (AvgIpc) is 2.32. The lowest BCUT2D eigenvalue weighted by atomic mass is 10.1. The van der Waals surface area contributed by atoms with Gasteiger partial charge in [0.25, 0.3) is 0 Å². The number of halogens is 3. The molecule has 1 aliphatic rings. The number of alkyl halides is 3. The third kappa shape index (κ3) is 2.42. The zero-order chi connectivity index (χ0) is 13.3. The highest BCUT2D eigenvalue weighted by Crippen LogP contribution is 2.32. The van der Waals surface area contributed by atoms with Crippen molar-refractivity contribution in [2.45, 2.75) is 19.5 Å². The highest BCUT2D eigenvalue weighted by molar-refractivity contribution is 5.66. The van der Waals surface area contributed by atoms with Gasteiger partial charge in [0.1, 0.15) is 0 Å². The SMILES string of the molecule is Cc1ccnc(N2CC=C(C(F)(F)F)CC2)c1N. The molecule has 0 unspecified atom stereocenters. The molecule has 0 saturated heterocycles. The van der Waals surface area contributed by atoms with E-state index in [4.69, 9.17) is 5.73 Å². The number of hydrogen-bond acceptors (Lipinski definition) is 3. The van der Waals surface area contributed by atoms with Crippen LogP contribution in [0.5, 0.6) is 0 Å². The van der Waals surface area contributed by atoms with E-state index in [0.29, 0.717) is 11.5 Å². The predicted octanol–water partition coefficient (Wildman–Crippen LogP) is 2.67. The molecule has 18 heavy (non-hydrogen) atoms. The molecule has 1 aromatic rings. The lowest BCUT2D eigenvalue weighted by Gasteiger charge is -2.29. The molecule has 0 aromatic carbocycles. The summed E-state index contributed by atoms with van der Waals surface area (Å²) in [6.45, 7) is 2.32. The van der Waals surface area contributed by atoms with Crippen molar-refractivity contribution in [3.63, 3.8) is 0 Å². The van der Waals surface area contributed by atoms with E-state index in [1.807, 2.05) is 6.92 Å². The summed E-state index contributed by atoms with van der Waals surface area (Å²) in [5.74, 6) is 0.562. The van der Waals surface area contributed by atoms with Crippen molar-refractivity contribution in [1.29, 1.82) is 0 Å². The first-order valence-corrected chi connectivity index (χ1v) is 5.62. The van der Waals surface area contributed by atoms with Gasteiger partial charge in [-0.15, -0.1) is 0 Å². The molecule has 0 bridgehead atoms. The fraction of sp³-hybridized carbons (Fsp3) is 0.417. The molecule has 2 N–H and O–H groups in total. The second-order valence-electron chi connectivity index (χ2n) is 4.29. The maximum atomic E-state index is 12.5. The van der Waals surface area contributed by atoms with Gasteiger partial charge in [-0.2, -0.15) is 13.2 Å². The van der Waals surface area contributed by atoms with Crippen LogP contribution in [0.3, 0.4) is 0 Å². The molecule has 0 atom stereocenters. The van der Waals surface area contributed by atoms with Crippen molar-refractivity contribution < 1.29 is 13.2 Å². The first-order chi connectivity index (χ1) is 8.39. The third-order valence-electron chi connectivity index (χ3n) is 3.06. The van der Waals surface area contributed by atoms with Crippen LogP contribution in [-0.4, -0.2) is 24.2 Å². The molecule has 1 aromatic heterocycles. The van der Waals surface area contributed by atoms with Crippen LogP contribution in [0.15, 0.2) is 23.9 Å². The molecule has 0 spiro atoms. The molecule has 0 radical (unpaired) electrons. The van der Waals surface area contributed by atoms with Crippen molar-refractivity contribution in [1.82, 2.24) is 4.98 Å². The maximum absolute atomic E-state index is 12.5. The molecule has 2 rings (SSSR count). The number of aryl methyl sites for hydroxylation is 1. The molecule has 0 amide bonds. The third-order valence-corrected chi connectivity index (χ3v) is 3.06.